The predicted molar refractivity (Wildman–Crippen MR) is 97.5 cm³/mol. The lowest BCUT2D eigenvalue weighted by atomic mass is 10.1. The summed E-state index contributed by atoms with van der Waals surface area (Å²) >= 11 is 0. The second-order valence-electron chi connectivity index (χ2n) is 5.92. The zero-order valence-corrected chi connectivity index (χ0v) is 14.2. The molecule has 0 bridgehead atoms. The van der Waals surface area contributed by atoms with E-state index < -0.39 is 0 Å². The Bertz CT molecular complexity index is 638. The van der Waals surface area contributed by atoms with Crippen molar-refractivity contribution in [2.24, 2.45) is 10.7 Å². The summed E-state index contributed by atoms with van der Waals surface area (Å²) < 4.78 is 13.1. The molecule has 5 heteroatoms. The third kappa shape index (κ3) is 5.66. The highest BCUT2D eigenvalue weighted by atomic mass is 19.1. The quantitative estimate of drug-likeness (QED) is 0.607. The second-order valence-corrected chi connectivity index (χ2v) is 5.92. The van der Waals surface area contributed by atoms with Crippen molar-refractivity contribution in [3.05, 3.63) is 71.5 Å². The van der Waals surface area contributed by atoms with Gasteiger partial charge in [-0.2, -0.15) is 0 Å². The number of halogens is 1. The summed E-state index contributed by atoms with van der Waals surface area (Å²) in [5.74, 6) is 0.196. The Kier molecular flexibility index (Phi) is 6.75. The first-order valence-corrected chi connectivity index (χ1v) is 8.06. The molecule has 1 atom stereocenters. The molecule has 0 amide bonds. The van der Waals surface area contributed by atoms with Crippen LogP contribution in [0.25, 0.3) is 0 Å². The number of hydrogen-bond acceptors (Lipinski definition) is 2. The Morgan fingerprint density at radius 3 is 2.42 bits per heavy atom. The van der Waals surface area contributed by atoms with Gasteiger partial charge in [-0.25, -0.2) is 4.39 Å². The maximum Gasteiger partial charge on any atom is 0.188 e. The van der Waals surface area contributed by atoms with E-state index in [0.29, 0.717) is 12.5 Å². The molecule has 0 spiro atoms. The molecule has 128 valence electrons. The molecular weight excluding hydrogens is 303 g/mol. The second kappa shape index (κ2) is 9.03. The van der Waals surface area contributed by atoms with Crippen LogP contribution in [0.15, 0.2) is 59.6 Å². The van der Waals surface area contributed by atoms with E-state index in [4.69, 9.17) is 5.73 Å². The summed E-state index contributed by atoms with van der Waals surface area (Å²) in [4.78, 5) is 6.47. The highest BCUT2D eigenvalue weighted by molar-refractivity contribution is 5.77. The summed E-state index contributed by atoms with van der Waals surface area (Å²) in [6.07, 6.45) is 0.895. The van der Waals surface area contributed by atoms with Crippen molar-refractivity contribution in [3.8, 4) is 0 Å². The number of guanidine groups is 1. The first kappa shape index (κ1) is 17.9. The number of aliphatic imine (C=N–C) groups is 1. The van der Waals surface area contributed by atoms with Crippen molar-refractivity contribution in [1.82, 2.24) is 10.2 Å². The number of nitrogens with one attached hydrogen (secondary N) is 1. The smallest absolute Gasteiger partial charge is 0.188 e. The third-order valence-electron chi connectivity index (χ3n) is 3.88. The molecule has 4 nitrogen and oxygen atoms in total. The van der Waals surface area contributed by atoms with Crippen LogP contribution in [-0.2, 0) is 6.42 Å². The molecule has 0 saturated heterocycles. The molecule has 0 aliphatic heterocycles. The average Bonchev–Trinajstić information content (AvgIpc) is 2.57. The summed E-state index contributed by atoms with van der Waals surface area (Å²) in [6, 6.07) is 16.8. The Hall–Kier alpha value is -2.40. The van der Waals surface area contributed by atoms with Gasteiger partial charge in [0.2, 0.25) is 0 Å². The largest absolute Gasteiger partial charge is 0.370 e. The van der Waals surface area contributed by atoms with Gasteiger partial charge in [0, 0.05) is 6.54 Å². The maximum absolute atomic E-state index is 13.1. The van der Waals surface area contributed by atoms with Gasteiger partial charge in [0.15, 0.2) is 5.96 Å². The molecule has 2 aromatic carbocycles. The normalized spacial score (nSPS) is 13.1. The lowest BCUT2D eigenvalue weighted by Gasteiger charge is -2.23. The Morgan fingerprint density at radius 2 is 1.79 bits per heavy atom. The van der Waals surface area contributed by atoms with E-state index in [-0.39, 0.29) is 11.9 Å². The van der Waals surface area contributed by atoms with Crippen molar-refractivity contribution in [3.63, 3.8) is 0 Å². The minimum absolute atomic E-state index is 0.0556. The van der Waals surface area contributed by atoms with Crippen LogP contribution in [0, 0.1) is 5.82 Å². The molecule has 2 rings (SSSR count). The van der Waals surface area contributed by atoms with Gasteiger partial charge in [0.25, 0.3) is 0 Å². The highest BCUT2D eigenvalue weighted by Crippen LogP contribution is 2.18. The Balaban J connectivity index is 1.87. The van der Waals surface area contributed by atoms with E-state index in [1.807, 2.05) is 37.2 Å². The number of hydrogen-bond donors (Lipinski definition) is 2. The lowest BCUT2D eigenvalue weighted by molar-refractivity contribution is 0.306. The molecule has 0 heterocycles. The minimum atomic E-state index is -0.234. The van der Waals surface area contributed by atoms with Crippen molar-refractivity contribution in [2.75, 3.05) is 27.2 Å². The summed E-state index contributed by atoms with van der Waals surface area (Å²) in [7, 11) is 3.95. The van der Waals surface area contributed by atoms with Gasteiger partial charge in [-0.05, 0) is 43.8 Å². The average molecular weight is 328 g/mol. The zero-order valence-electron chi connectivity index (χ0n) is 14.2. The molecule has 0 radical (unpaired) electrons. The molecule has 1 unspecified atom stereocenters. The molecule has 0 aliphatic carbocycles. The number of nitrogens with two attached hydrogens (primary N) is 1. The SMILES string of the molecule is CN(C)C(CN=C(N)NCCc1ccccc1)c1ccc(F)cc1. The molecule has 0 aliphatic rings. The number of benzene rings is 2. The molecule has 24 heavy (non-hydrogen) atoms. The van der Waals surface area contributed by atoms with Gasteiger partial charge in [-0.3, -0.25) is 4.99 Å². The van der Waals surface area contributed by atoms with Crippen molar-refractivity contribution < 1.29 is 4.39 Å². The van der Waals surface area contributed by atoms with Gasteiger partial charge >= 0.3 is 0 Å². The van der Waals surface area contributed by atoms with Gasteiger partial charge in [-0.1, -0.05) is 42.5 Å². The van der Waals surface area contributed by atoms with E-state index in [1.54, 1.807) is 12.1 Å². The molecular formula is C19H25FN4. The van der Waals surface area contributed by atoms with Gasteiger partial charge < -0.3 is 16.0 Å². The van der Waals surface area contributed by atoms with Gasteiger partial charge in [-0.15, -0.1) is 0 Å². The van der Waals surface area contributed by atoms with Crippen molar-refractivity contribution in [2.45, 2.75) is 12.5 Å². The van der Waals surface area contributed by atoms with Crippen LogP contribution >= 0.6 is 0 Å². The van der Waals surface area contributed by atoms with E-state index in [2.05, 4.69) is 22.4 Å². The fourth-order valence-corrected chi connectivity index (χ4v) is 2.47. The maximum atomic E-state index is 13.1. The fourth-order valence-electron chi connectivity index (χ4n) is 2.47. The van der Waals surface area contributed by atoms with Crippen LogP contribution in [0.3, 0.4) is 0 Å². The lowest BCUT2D eigenvalue weighted by Crippen LogP contribution is -2.34. The van der Waals surface area contributed by atoms with Crippen LogP contribution < -0.4 is 11.1 Å². The van der Waals surface area contributed by atoms with Crippen LogP contribution in [0.4, 0.5) is 4.39 Å². The monoisotopic (exact) mass is 328 g/mol. The zero-order chi connectivity index (χ0) is 17.4. The first-order chi connectivity index (χ1) is 11.6. The minimum Gasteiger partial charge on any atom is -0.370 e. The first-order valence-electron chi connectivity index (χ1n) is 8.06. The van der Waals surface area contributed by atoms with Crippen LogP contribution in [0.1, 0.15) is 17.2 Å². The van der Waals surface area contributed by atoms with Crippen LogP contribution in [0.5, 0.6) is 0 Å². The molecule has 0 saturated carbocycles. The van der Waals surface area contributed by atoms with Gasteiger partial charge in [0.1, 0.15) is 5.82 Å². The van der Waals surface area contributed by atoms with Crippen LogP contribution in [-0.4, -0.2) is 38.0 Å². The topological polar surface area (TPSA) is 53.6 Å². The van der Waals surface area contributed by atoms with Crippen molar-refractivity contribution in [1.29, 1.82) is 0 Å². The van der Waals surface area contributed by atoms with E-state index in [9.17, 15) is 4.39 Å². The number of rotatable bonds is 7. The highest BCUT2D eigenvalue weighted by Gasteiger charge is 2.13. The van der Waals surface area contributed by atoms with E-state index >= 15 is 0 Å². The molecule has 0 fully saturated rings. The fraction of sp³-hybridized carbons (Fsp3) is 0.316. The van der Waals surface area contributed by atoms with Crippen LogP contribution in [0.2, 0.25) is 0 Å². The standard InChI is InChI=1S/C19H25FN4/c1-24(2)18(16-8-10-17(20)11-9-16)14-23-19(21)22-13-12-15-6-4-3-5-7-15/h3-11,18H,12-14H2,1-2H3,(H3,21,22,23). The summed E-state index contributed by atoms with van der Waals surface area (Å²) in [6.45, 7) is 1.26. The molecule has 0 aromatic heterocycles. The van der Waals surface area contributed by atoms with Gasteiger partial charge in [0.05, 0.1) is 12.6 Å². The summed E-state index contributed by atoms with van der Waals surface area (Å²) in [5.41, 5.74) is 8.22. The Morgan fingerprint density at radius 1 is 1.12 bits per heavy atom. The molecule has 2 aromatic rings. The third-order valence-corrected chi connectivity index (χ3v) is 3.88. The van der Waals surface area contributed by atoms with E-state index in [0.717, 1.165) is 18.5 Å². The van der Waals surface area contributed by atoms with Crippen molar-refractivity contribution >= 4 is 5.96 Å². The molecule has 3 N–H and O–H groups in total. The number of likely N-dealkylation sites (N-methyl/N-ethyl adjacent to an activating group) is 1. The number of nitrogens with zero attached hydrogens (tertiary/aromatic N) is 2. The van der Waals surface area contributed by atoms with E-state index in [1.165, 1.54) is 17.7 Å². The summed E-state index contributed by atoms with van der Waals surface area (Å²) in [5, 5.41) is 3.14. The Labute approximate surface area is 143 Å². The predicted octanol–water partition coefficient (Wildman–Crippen LogP) is 2.58.